The van der Waals surface area contributed by atoms with E-state index >= 15 is 0 Å². The first kappa shape index (κ1) is 20.3. The molecule has 0 spiro atoms. The fourth-order valence-electron chi connectivity index (χ4n) is 2.49. The van der Waals surface area contributed by atoms with Crippen LogP contribution in [0.1, 0.15) is 12.8 Å². The Balaban J connectivity index is 1.77. The molecule has 156 valence electrons. The van der Waals surface area contributed by atoms with Crippen molar-refractivity contribution in [2.24, 2.45) is 0 Å². The first-order chi connectivity index (χ1) is 14.4. The molecule has 10 nitrogen and oxygen atoms in total. The summed E-state index contributed by atoms with van der Waals surface area (Å²) < 4.78 is 41.0. The third kappa shape index (κ3) is 4.75. The normalized spacial score (nSPS) is 13.7. The zero-order chi connectivity index (χ0) is 21.1. The van der Waals surface area contributed by atoms with Gasteiger partial charge in [-0.2, -0.15) is 13.1 Å². The van der Waals surface area contributed by atoms with Crippen LogP contribution < -0.4 is 18.9 Å². The molecule has 1 aromatic carbocycles. The Morgan fingerprint density at radius 1 is 1.03 bits per heavy atom. The maximum Gasteiger partial charge on any atom is 0.300 e. The van der Waals surface area contributed by atoms with Gasteiger partial charge in [-0.15, -0.1) is 0 Å². The summed E-state index contributed by atoms with van der Waals surface area (Å²) in [6.07, 6.45) is 4.58. The molecular formula is C18H17ClN6O4S. The zero-order valence-electron chi connectivity index (χ0n) is 15.7. The van der Waals surface area contributed by atoms with Gasteiger partial charge in [0.05, 0.1) is 7.11 Å². The Morgan fingerprint density at radius 2 is 1.73 bits per heavy atom. The number of nitrogens with one attached hydrogen (secondary N) is 2. The molecular weight excluding hydrogens is 432 g/mol. The minimum absolute atomic E-state index is 0.0390. The van der Waals surface area contributed by atoms with E-state index in [9.17, 15) is 8.42 Å². The molecule has 0 saturated heterocycles. The third-order valence-corrected chi connectivity index (χ3v) is 5.36. The molecule has 0 unspecified atom stereocenters. The van der Waals surface area contributed by atoms with E-state index in [0.29, 0.717) is 11.5 Å². The SMILES string of the molecule is COc1ccccc1Oc1c(Cl)nc(-c2ncccn2)nc1NS(=O)(=O)NC1CC1. The predicted molar refractivity (Wildman–Crippen MR) is 110 cm³/mol. The Hall–Kier alpha value is -3.02. The van der Waals surface area contributed by atoms with E-state index < -0.39 is 10.2 Å². The Kier molecular flexibility index (Phi) is 5.66. The number of ether oxygens (including phenoxy) is 2. The van der Waals surface area contributed by atoms with E-state index in [1.807, 2.05) is 0 Å². The fraction of sp³-hybridized carbons (Fsp3) is 0.222. The number of methoxy groups -OCH3 is 1. The standard InChI is InChI=1S/C18H17ClN6O4S/c1-28-12-5-2-3-6-13(12)29-14-15(19)22-18(17-20-9-4-10-21-17)23-16(14)25-30(26,27)24-11-7-8-11/h2-6,9-11,24H,7-8H2,1H3,(H,22,23,25). The third-order valence-electron chi connectivity index (χ3n) is 4.00. The van der Waals surface area contributed by atoms with Gasteiger partial charge in [0.25, 0.3) is 0 Å². The van der Waals surface area contributed by atoms with Crippen molar-refractivity contribution in [1.29, 1.82) is 0 Å². The van der Waals surface area contributed by atoms with Crippen molar-refractivity contribution in [3.63, 3.8) is 0 Å². The number of rotatable bonds is 8. The van der Waals surface area contributed by atoms with Gasteiger partial charge >= 0.3 is 10.2 Å². The van der Waals surface area contributed by atoms with E-state index in [4.69, 9.17) is 21.1 Å². The number of halogens is 1. The molecule has 3 aromatic rings. The Bertz CT molecular complexity index is 1160. The van der Waals surface area contributed by atoms with Crippen LogP contribution in [0.2, 0.25) is 5.15 Å². The summed E-state index contributed by atoms with van der Waals surface area (Å²) in [6, 6.07) is 8.36. The first-order valence-corrected chi connectivity index (χ1v) is 10.8. The van der Waals surface area contributed by atoms with Gasteiger partial charge in [0.15, 0.2) is 28.3 Å². The van der Waals surface area contributed by atoms with Crippen LogP contribution in [-0.4, -0.2) is 41.5 Å². The second-order valence-electron chi connectivity index (χ2n) is 6.34. The molecule has 30 heavy (non-hydrogen) atoms. The van der Waals surface area contributed by atoms with Crippen LogP contribution >= 0.6 is 11.6 Å². The van der Waals surface area contributed by atoms with Gasteiger partial charge in [0.1, 0.15) is 0 Å². The minimum atomic E-state index is -3.92. The summed E-state index contributed by atoms with van der Waals surface area (Å²) in [5.74, 6) is 0.716. The lowest BCUT2D eigenvalue weighted by Crippen LogP contribution is -2.32. The first-order valence-electron chi connectivity index (χ1n) is 8.91. The highest BCUT2D eigenvalue weighted by molar-refractivity contribution is 7.90. The molecule has 1 aliphatic carbocycles. The molecule has 4 rings (SSSR count). The number of hydrogen-bond acceptors (Lipinski definition) is 8. The van der Waals surface area contributed by atoms with E-state index in [0.717, 1.165) is 12.8 Å². The van der Waals surface area contributed by atoms with Crippen molar-refractivity contribution < 1.29 is 17.9 Å². The minimum Gasteiger partial charge on any atom is -0.493 e. The predicted octanol–water partition coefficient (Wildman–Crippen LogP) is 2.80. The average Bonchev–Trinajstić information content (AvgIpc) is 3.54. The van der Waals surface area contributed by atoms with Crippen LogP contribution in [0.4, 0.5) is 5.82 Å². The smallest absolute Gasteiger partial charge is 0.300 e. The van der Waals surface area contributed by atoms with Gasteiger partial charge in [0, 0.05) is 18.4 Å². The lowest BCUT2D eigenvalue weighted by molar-refractivity contribution is 0.378. The van der Waals surface area contributed by atoms with Gasteiger partial charge in [-0.3, -0.25) is 4.72 Å². The van der Waals surface area contributed by atoms with Crippen molar-refractivity contribution in [2.45, 2.75) is 18.9 Å². The molecule has 2 N–H and O–H groups in total. The molecule has 2 aromatic heterocycles. The van der Waals surface area contributed by atoms with Crippen LogP contribution in [-0.2, 0) is 10.2 Å². The van der Waals surface area contributed by atoms with Crippen molar-refractivity contribution in [3.8, 4) is 28.9 Å². The van der Waals surface area contributed by atoms with Crippen molar-refractivity contribution in [1.82, 2.24) is 24.7 Å². The number of nitrogens with zero attached hydrogens (tertiary/aromatic N) is 4. The number of hydrogen-bond donors (Lipinski definition) is 2. The Morgan fingerprint density at radius 3 is 2.40 bits per heavy atom. The van der Waals surface area contributed by atoms with Crippen molar-refractivity contribution >= 4 is 27.6 Å². The topological polar surface area (TPSA) is 128 Å². The highest BCUT2D eigenvalue weighted by atomic mass is 35.5. The van der Waals surface area contributed by atoms with E-state index in [-0.39, 0.29) is 34.4 Å². The molecule has 12 heteroatoms. The van der Waals surface area contributed by atoms with Crippen LogP contribution in [0, 0.1) is 0 Å². The van der Waals surface area contributed by atoms with Gasteiger partial charge < -0.3 is 9.47 Å². The summed E-state index contributed by atoms with van der Waals surface area (Å²) >= 11 is 6.35. The van der Waals surface area contributed by atoms with E-state index in [1.165, 1.54) is 19.5 Å². The molecule has 2 heterocycles. The maximum atomic E-state index is 12.5. The molecule has 0 aliphatic heterocycles. The molecule has 1 aliphatic rings. The number of para-hydroxylation sites is 2. The molecule has 0 radical (unpaired) electrons. The van der Waals surface area contributed by atoms with Crippen LogP contribution in [0.15, 0.2) is 42.7 Å². The quantitative estimate of drug-likeness (QED) is 0.503. The highest BCUT2D eigenvalue weighted by Gasteiger charge is 2.29. The molecule has 1 saturated carbocycles. The molecule has 0 atom stereocenters. The molecule has 0 bridgehead atoms. The van der Waals surface area contributed by atoms with Gasteiger partial charge in [-0.05, 0) is 31.0 Å². The lowest BCUT2D eigenvalue weighted by Gasteiger charge is -2.16. The summed E-state index contributed by atoms with van der Waals surface area (Å²) in [7, 11) is -2.43. The van der Waals surface area contributed by atoms with Crippen molar-refractivity contribution in [3.05, 3.63) is 47.9 Å². The summed E-state index contributed by atoms with van der Waals surface area (Å²) in [5.41, 5.74) is 0. The van der Waals surface area contributed by atoms with Gasteiger partial charge in [0.2, 0.25) is 11.6 Å². The zero-order valence-corrected chi connectivity index (χ0v) is 17.3. The number of benzene rings is 1. The van der Waals surface area contributed by atoms with E-state index in [2.05, 4.69) is 29.4 Å². The van der Waals surface area contributed by atoms with Gasteiger partial charge in [-0.25, -0.2) is 19.9 Å². The van der Waals surface area contributed by atoms with E-state index in [1.54, 1.807) is 30.3 Å². The number of anilines is 1. The Labute approximate surface area is 177 Å². The van der Waals surface area contributed by atoms with Gasteiger partial charge in [-0.1, -0.05) is 23.7 Å². The molecule has 1 fully saturated rings. The maximum absolute atomic E-state index is 12.5. The average molecular weight is 449 g/mol. The van der Waals surface area contributed by atoms with Crippen LogP contribution in [0.3, 0.4) is 0 Å². The number of aromatic nitrogens is 4. The second kappa shape index (κ2) is 8.38. The summed E-state index contributed by atoms with van der Waals surface area (Å²) in [5, 5.41) is -0.123. The highest BCUT2D eigenvalue weighted by Crippen LogP contribution is 2.39. The van der Waals surface area contributed by atoms with Crippen LogP contribution in [0.25, 0.3) is 11.6 Å². The monoisotopic (exact) mass is 448 g/mol. The fourth-order valence-corrected chi connectivity index (χ4v) is 3.82. The summed E-state index contributed by atoms with van der Waals surface area (Å²) in [6.45, 7) is 0. The molecule has 0 amide bonds. The largest absolute Gasteiger partial charge is 0.493 e. The lowest BCUT2D eigenvalue weighted by atomic mass is 10.3. The van der Waals surface area contributed by atoms with Crippen molar-refractivity contribution in [2.75, 3.05) is 11.8 Å². The second-order valence-corrected chi connectivity index (χ2v) is 8.14. The van der Waals surface area contributed by atoms with Crippen LogP contribution in [0.5, 0.6) is 17.2 Å². The summed E-state index contributed by atoms with van der Waals surface area (Å²) in [4.78, 5) is 16.6.